The second kappa shape index (κ2) is 9.32. The van der Waals surface area contributed by atoms with Crippen molar-refractivity contribution in [1.82, 2.24) is 10.4 Å². The van der Waals surface area contributed by atoms with Gasteiger partial charge in [-0.15, -0.1) is 0 Å². The van der Waals surface area contributed by atoms with Crippen LogP contribution in [0.15, 0.2) is 72.0 Å². The normalized spacial score (nSPS) is 10.6. The molecule has 0 unspecified atom stereocenters. The van der Waals surface area contributed by atoms with E-state index in [4.69, 9.17) is 9.47 Å². The van der Waals surface area contributed by atoms with Gasteiger partial charge in [-0.3, -0.25) is 9.78 Å². The third-order valence-corrected chi connectivity index (χ3v) is 3.98. The number of rotatable bonds is 7. The van der Waals surface area contributed by atoms with E-state index in [1.165, 1.54) is 6.20 Å². The van der Waals surface area contributed by atoms with Gasteiger partial charge in [0.05, 0.1) is 18.9 Å². The van der Waals surface area contributed by atoms with E-state index in [1.807, 2.05) is 49.4 Å². The summed E-state index contributed by atoms with van der Waals surface area (Å²) in [5.41, 5.74) is 5.62. The highest BCUT2D eigenvalue weighted by atomic mass is 16.5. The lowest BCUT2D eigenvalue weighted by Crippen LogP contribution is -2.17. The maximum Gasteiger partial charge on any atom is 0.272 e. The van der Waals surface area contributed by atoms with Crippen molar-refractivity contribution in [3.63, 3.8) is 0 Å². The van der Waals surface area contributed by atoms with Gasteiger partial charge in [0.2, 0.25) is 0 Å². The zero-order valence-corrected chi connectivity index (χ0v) is 15.8. The summed E-state index contributed by atoms with van der Waals surface area (Å²) < 4.78 is 11.2. The van der Waals surface area contributed by atoms with Crippen molar-refractivity contribution in [2.24, 2.45) is 5.10 Å². The summed E-state index contributed by atoms with van der Waals surface area (Å²) in [6.07, 6.45) is 3.06. The molecule has 0 atom stereocenters. The van der Waals surface area contributed by atoms with E-state index in [0.29, 0.717) is 23.7 Å². The topological polar surface area (TPSA) is 72.8 Å². The molecule has 0 radical (unpaired) electrons. The predicted octanol–water partition coefficient (Wildman–Crippen LogP) is 3.74. The van der Waals surface area contributed by atoms with Crippen molar-refractivity contribution in [3.05, 3.63) is 89.2 Å². The van der Waals surface area contributed by atoms with Gasteiger partial charge in [0, 0.05) is 11.9 Å². The summed E-state index contributed by atoms with van der Waals surface area (Å²) in [4.78, 5) is 16.1. The van der Waals surface area contributed by atoms with Crippen molar-refractivity contribution in [3.8, 4) is 11.5 Å². The number of aryl methyl sites for hydroxylation is 1. The van der Waals surface area contributed by atoms with Crippen molar-refractivity contribution >= 4 is 12.1 Å². The molecule has 0 bridgehead atoms. The van der Waals surface area contributed by atoms with Gasteiger partial charge >= 0.3 is 0 Å². The number of pyridine rings is 1. The number of benzene rings is 2. The van der Waals surface area contributed by atoms with Gasteiger partial charge < -0.3 is 9.47 Å². The van der Waals surface area contributed by atoms with E-state index in [-0.39, 0.29) is 5.91 Å². The van der Waals surface area contributed by atoms with E-state index >= 15 is 0 Å². The molecule has 6 nitrogen and oxygen atoms in total. The highest BCUT2D eigenvalue weighted by molar-refractivity contribution is 5.94. The Morgan fingerprint density at radius 3 is 2.64 bits per heavy atom. The Hall–Kier alpha value is -3.67. The van der Waals surface area contributed by atoms with E-state index in [1.54, 1.807) is 31.5 Å². The maximum atomic E-state index is 12.0. The zero-order valence-electron chi connectivity index (χ0n) is 15.8. The average molecular weight is 375 g/mol. The third kappa shape index (κ3) is 5.17. The lowest BCUT2D eigenvalue weighted by molar-refractivity contribution is 0.0955. The number of aromatic nitrogens is 1. The van der Waals surface area contributed by atoms with Crippen LogP contribution < -0.4 is 14.9 Å². The first kappa shape index (κ1) is 19.1. The Morgan fingerprint density at radius 2 is 1.93 bits per heavy atom. The Labute approximate surface area is 163 Å². The molecule has 3 aromatic rings. The van der Waals surface area contributed by atoms with Crippen LogP contribution in [-0.4, -0.2) is 24.2 Å². The molecular weight excluding hydrogens is 354 g/mol. The number of nitrogens with one attached hydrogen (secondary N) is 1. The summed E-state index contributed by atoms with van der Waals surface area (Å²) in [5.74, 6) is 0.908. The van der Waals surface area contributed by atoms with Gasteiger partial charge in [-0.05, 0) is 48.4 Å². The zero-order chi connectivity index (χ0) is 19.8. The van der Waals surface area contributed by atoms with Crippen LogP contribution in [0.4, 0.5) is 0 Å². The number of hydrazone groups is 1. The second-order valence-electron chi connectivity index (χ2n) is 6.07. The molecule has 1 N–H and O–H groups in total. The van der Waals surface area contributed by atoms with Crippen LogP contribution in [0.2, 0.25) is 0 Å². The Kier molecular flexibility index (Phi) is 6.36. The van der Waals surface area contributed by atoms with Crippen molar-refractivity contribution < 1.29 is 14.3 Å². The standard InChI is InChI=1S/C22H21N3O3/c1-16-8-10-19(14-23-16)22(26)25-24-13-18-9-11-20(21(12-18)27-2)28-15-17-6-4-3-5-7-17/h3-14H,15H2,1-2H3,(H,25,26)/b24-13-. The summed E-state index contributed by atoms with van der Waals surface area (Å²) in [6.45, 7) is 2.31. The first-order valence-electron chi connectivity index (χ1n) is 8.76. The van der Waals surface area contributed by atoms with Crippen molar-refractivity contribution in [2.45, 2.75) is 13.5 Å². The van der Waals surface area contributed by atoms with Crippen LogP contribution in [0.3, 0.4) is 0 Å². The third-order valence-electron chi connectivity index (χ3n) is 3.98. The van der Waals surface area contributed by atoms with Crippen LogP contribution >= 0.6 is 0 Å². The van der Waals surface area contributed by atoms with Gasteiger partial charge in [-0.1, -0.05) is 30.3 Å². The SMILES string of the molecule is COc1cc(/C=N\NC(=O)c2ccc(C)nc2)ccc1OCc1ccccc1. The van der Waals surface area contributed by atoms with E-state index in [0.717, 1.165) is 16.8 Å². The van der Waals surface area contributed by atoms with Crippen LogP contribution in [0.25, 0.3) is 0 Å². The number of carbonyl (C=O) groups excluding carboxylic acids is 1. The molecule has 1 aromatic heterocycles. The molecular formula is C22H21N3O3. The molecule has 6 heteroatoms. The van der Waals surface area contributed by atoms with Crippen LogP contribution in [0.1, 0.15) is 27.2 Å². The smallest absolute Gasteiger partial charge is 0.272 e. The molecule has 0 saturated heterocycles. The molecule has 3 rings (SSSR count). The quantitative estimate of drug-likeness (QED) is 0.504. The van der Waals surface area contributed by atoms with E-state index < -0.39 is 0 Å². The van der Waals surface area contributed by atoms with Gasteiger partial charge in [0.25, 0.3) is 5.91 Å². The molecule has 28 heavy (non-hydrogen) atoms. The highest BCUT2D eigenvalue weighted by Gasteiger charge is 2.06. The fourth-order valence-corrected chi connectivity index (χ4v) is 2.45. The number of hydrogen-bond acceptors (Lipinski definition) is 5. The molecule has 0 aliphatic heterocycles. The monoisotopic (exact) mass is 375 g/mol. The average Bonchev–Trinajstić information content (AvgIpc) is 2.73. The minimum atomic E-state index is -0.321. The molecule has 0 spiro atoms. The van der Waals surface area contributed by atoms with Crippen LogP contribution in [0.5, 0.6) is 11.5 Å². The molecule has 1 amide bonds. The first-order valence-corrected chi connectivity index (χ1v) is 8.76. The summed E-state index contributed by atoms with van der Waals surface area (Å²) in [7, 11) is 1.58. The number of carbonyl (C=O) groups is 1. The minimum Gasteiger partial charge on any atom is -0.493 e. The second-order valence-corrected chi connectivity index (χ2v) is 6.07. The summed E-state index contributed by atoms with van der Waals surface area (Å²) >= 11 is 0. The molecule has 0 aliphatic rings. The highest BCUT2D eigenvalue weighted by Crippen LogP contribution is 2.28. The van der Waals surface area contributed by atoms with Gasteiger partial charge in [0.15, 0.2) is 11.5 Å². The molecule has 1 heterocycles. The molecule has 0 aliphatic carbocycles. The van der Waals surface area contributed by atoms with Crippen molar-refractivity contribution in [2.75, 3.05) is 7.11 Å². The Morgan fingerprint density at radius 1 is 1.11 bits per heavy atom. The number of amides is 1. The first-order chi connectivity index (χ1) is 13.7. The summed E-state index contributed by atoms with van der Waals surface area (Å²) in [6, 6.07) is 18.8. The minimum absolute atomic E-state index is 0.321. The molecule has 142 valence electrons. The largest absolute Gasteiger partial charge is 0.493 e. The molecule has 0 fully saturated rings. The molecule has 0 saturated carbocycles. The number of nitrogens with zero attached hydrogens (tertiary/aromatic N) is 2. The maximum absolute atomic E-state index is 12.0. The predicted molar refractivity (Wildman–Crippen MR) is 108 cm³/mol. The van der Waals surface area contributed by atoms with Crippen molar-refractivity contribution in [1.29, 1.82) is 0 Å². The van der Waals surface area contributed by atoms with Crippen LogP contribution in [0, 0.1) is 6.92 Å². The number of hydrogen-bond donors (Lipinski definition) is 1. The van der Waals surface area contributed by atoms with Gasteiger partial charge in [-0.2, -0.15) is 5.10 Å². The lowest BCUT2D eigenvalue weighted by atomic mass is 10.2. The molecule has 2 aromatic carbocycles. The Bertz CT molecular complexity index is 955. The van der Waals surface area contributed by atoms with Crippen LogP contribution in [-0.2, 0) is 6.61 Å². The lowest BCUT2D eigenvalue weighted by Gasteiger charge is -2.11. The summed E-state index contributed by atoms with van der Waals surface area (Å²) in [5, 5.41) is 3.99. The van der Waals surface area contributed by atoms with Gasteiger partial charge in [0.1, 0.15) is 6.61 Å². The Balaban J connectivity index is 1.61. The number of methoxy groups -OCH3 is 1. The fourth-order valence-electron chi connectivity index (χ4n) is 2.45. The van der Waals surface area contributed by atoms with E-state index in [9.17, 15) is 4.79 Å². The number of ether oxygens (including phenoxy) is 2. The van der Waals surface area contributed by atoms with Gasteiger partial charge in [-0.25, -0.2) is 5.43 Å². The fraction of sp³-hybridized carbons (Fsp3) is 0.136. The van der Waals surface area contributed by atoms with E-state index in [2.05, 4.69) is 15.5 Å².